The lowest BCUT2D eigenvalue weighted by molar-refractivity contribution is -0.117. The number of phenolic OH excluding ortho intramolecular Hbond substituents is 2. The van der Waals surface area contributed by atoms with E-state index in [1.165, 1.54) is 24.4 Å². The van der Waals surface area contributed by atoms with Crippen molar-refractivity contribution in [3.63, 3.8) is 0 Å². The number of carbonyl (C=O) groups excluding carboxylic acids is 1. The van der Waals surface area contributed by atoms with Gasteiger partial charge in [-0.1, -0.05) is 36.0 Å². The molecule has 3 aromatic rings. The van der Waals surface area contributed by atoms with Gasteiger partial charge in [0.05, 0.1) is 17.6 Å². The van der Waals surface area contributed by atoms with Crippen LogP contribution in [0.15, 0.2) is 81.6 Å². The van der Waals surface area contributed by atoms with Gasteiger partial charge in [-0.25, -0.2) is 0 Å². The van der Waals surface area contributed by atoms with Crippen LogP contribution in [0.2, 0.25) is 0 Å². The second-order valence-electron chi connectivity index (χ2n) is 6.10. The van der Waals surface area contributed by atoms with Crippen LogP contribution < -0.4 is 10.3 Å². The van der Waals surface area contributed by atoms with Crippen molar-refractivity contribution in [2.24, 2.45) is 5.10 Å². The highest BCUT2D eigenvalue weighted by molar-refractivity contribution is 7.99. The van der Waals surface area contributed by atoms with E-state index in [2.05, 4.69) is 10.5 Å². The highest BCUT2D eigenvalue weighted by Crippen LogP contribution is 2.47. The summed E-state index contributed by atoms with van der Waals surface area (Å²) in [6, 6.07) is 19.8. The van der Waals surface area contributed by atoms with Gasteiger partial charge in [0.1, 0.15) is 18.0 Å². The summed E-state index contributed by atoms with van der Waals surface area (Å²) in [5.74, 6) is -0.266. The fourth-order valence-corrected chi connectivity index (χ4v) is 3.98. The SMILES string of the molecule is O=C(CN/N=C/c1ccc(O)cc1O)N1c2ccccc2Sc2ccccc21. The topological polar surface area (TPSA) is 85.2 Å². The minimum atomic E-state index is -0.146. The molecule has 0 fully saturated rings. The number of carbonyl (C=O) groups is 1. The average Bonchev–Trinajstić information content (AvgIpc) is 2.70. The summed E-state index contributed by atoms with van der Waals surface area (Å²) in [6.07, 6.45) is 1.40. The van der Waals surface area contributed by atoms with E-state index in [1.807, 2.05) is 48.5 Å². The molecular formula is C21H17N3O3S. The lowest BCUT2D eigenvalue weighted by Crippen LogP contribution is -2.35. The number of hydrogen-bond acceptors (Lipinski definition) is 6. The molecule has 1 aliphatic rings. The third-order valence-electron chi connectivity index (χ3n) is 4.22. The summed E-state index contributed by atoms with van der Waals surface area (Å²) < 4.78 is 0. The molecule has 0 saturated heterocycles. The van der Waals surface area contributed by atoms with Crippen LogP contribution in [-0.4, -0.2) is 28.9 Å². The number of hydrogen-bond donors (Lipinski definition) is 3. The number of hydrazone groups is 1. The van der Waals surface area contributed by atoms with Crippen molar-refractivity contribution >= 4 is 35.3 Å². The minimum absolute atomic E-state index is 0.0112. The summed E-state index contributed by atoms with van der Waals surface area (Å²) in [6.45, 7) is -0.0112. The summed E-state index contributed by atoms with van der Waals surface area (Å²) >= 11 is 1.64. The first-order chi connectivity index (χ1) is 13.6. The first-order valence-corrected chi connectivity index (χ1v) is 9.42. The summed E-state index contributed by atoms with van der Waals surface area (Å²) in [7, 11) is 0. The Balaban J connectivity index is 1.51. The van der Waals surface area contributed by atoms with Crippen LogP contribution in [0.25, 0.3) is 0 Å². The van der Waals surface area contributed by atoms with Crippen LogP contribution in [0.1, 0.15) is 5.56 Å². The van der Waals surface area contributed by atoms with Gasteiger partial charge < -0.3 is 15.6 Å². The van der Waals surface area contributed by atoms with Crippen molar-refractivity contribution in [1.82, 2.24) is 5.43 Å². The second-order valence-corrected chi connectivity index (χ2v) is 7.19. The number of anilines is 2. The predicted octanol–water partition coefficient (Wildman–Crippen LogP) is 3.85. The van der Waals surface area contributed by atoms with E-state index in [0.29, 0.717) is 5.56 Å². The van der Waals surface area contributed by atoms with Crippen molar-refractivity contribution in [3.8, 4) is 11.5 Å². The van der Waals surface area contributed by atoms with Crippen LogP contribution in [0.4, 0.5) is 11.4 Å². The number of nitrogens with zero attached hydrogens (tertiary/aromatic N) is 2. The molecule has 4 rings (SSSR count). The molecular weight excluding hydrogens is 374 g/mol. The van der Waals surface area contributed by atoms with Crippen LogP contribution in [0.3, 0.4) is 0 Å². The molecule has 0 atom stereocenters. The zero-order chi connectivity index (χ0) is 19.5. The molecule has 3 N–H and O–H groups in total. The largest absolute Gasteiger partial charge is 0.508 e. The number of phenols is 2. The Bertz CT molecular complexity index is 1020. The van der Waals surface area contributed by atoms with E-state index in [0.717, 1.165) is 21.2 Å². The average molecular weight is 391 g/mol. The molecule has 0 saturated carbocycles. The number of rotatable bonds is 4. The molecule has 0 unspecified atom stereocenters. The Morgan fingerprint density at radius 2 is 1.64 bits per heavy atom. The second kappa shape index (κ2) is 7.66. The molecule has 7 heteroatoms. The normalized spacial score (nSPS) is 12.5. The quantitative estimate of drug-likeness (QED) is 0.465. The third kappa shape index (κ3) is 3.52. The van der Waals surface area contributed by atoms with Gasteiger partial charge in [0.25, 0.3) is 5.91 Å². The van der Waals surface area contributed by atoms with Crippen molar-refractivity contribution in [1.29, 1.82) is 0 Å². The zero-order valence-corrected chi connectivity index (χ0v) is 15.6. The summed E-state index contributed by atoms with van der Waals surface area (Å²) in [4.78, 5) is 16.7. The maximum atomic E-state index is 12.9. The van der Waals surface area contributed by atoms with Gasteiger partial charge >= 0.3 is 0 Å². The number of aromatic hydroxyl groups is 2. The van der Waals surface area contributed by atoms with Gasteiger partial charge in [0, 0.05) is 21.4 Å². The molecule has 28 heavy (non-hydrogen) atoms. The number of amides is 1. The van der Waals surface area contributed by atoms with E-state index >= 15 is 0 Å². The van der Waals surface area contributed by atoms with E-state index < -0.39 is 0 Å². The van der Waals surface area contributed by atoms with Gasteiger partial charge in [0.15, 0.2) is 0 Å². The molecule has 6 nitrogen and oxygen atoms in total. The molecule has 3 aromatic carbocycles. The van der Waals surface area contributed by atoms with E-state index in [4.69, 9.17) is 0 Å². The van der Waals surface area contributed by atoms with Crippen molar-refractivity contribution in [2.75, 3.05) is 11.4 Å². The fraction of sp³-hybridized carbons (Fsp3) is 0.0476. The first kappa shape index (κ1) is 17.9. The van der Waals surface area contributed by atoms with Gasteiger partial charge in [-0.2, -0.15) is 5.10 Å². The van der Waals surface area contributed by atoms with Crippen molar-refractivity contribution in [2.45, 2.75) is 9.79 Å². The molecule has 0 radical (unpaired) electrons. The highest BCUT2D eigenvalue weighted by Gasteiger charge is 2.27. The van der Waals surface area contributed by atoms with Gasteiger partial charge in [-0.15, -0.1) is 0 Å². The number of nitrogens with one attached hydrogen (secondary N) is 1. The van der Waals surface area contributed by atoms with Crippen molar-refractivity contribution in [3.05, 3.63) is 72.3 Å². The Morgan fingerprint density at radius 1 is 1.00 bits per heavy atom. The summed E-state index contributed by atoms with van der Waals surface area (Å²) in [5.41, 5.74) is 4.86. The Hall–Kier alpha value is -3.45. The Labute approximate surface area is 166 Å². The van der Waals surface area contributed by atoms with Gasteiger partial charge in [0.2, 0.25) is 0 Å². The van der Waals surface area contributed by atoms with Crippen LogP contribution >= 0.6 is 11.8 Å². The summed E-state index contributed by atoms with van der Waals surface area (Å²) in [5, 5.41) is 23.1. The maximum absolute atomic E-state index is 12.9. The molecule has 0 spiro atoms. The Morgan fingerprint density at radius 3 is 2.29 bits per heavy atom. The smallest absolute Gasteiger partial charge is 0.252 e. The molecule has 0 aromatic heterocycles. The molecule has 1 amide bonds. The van der Waals surface area contributed by atoms with E-state index in [1.54, 1.807) is 16.7 Å². The fourth-order valence-electron chi connectivity index (χ4n) is 2.92. The van der Waals surface area contributed by atoms with Crippen LogP contribution in [0, 0.1) is 0 Å². The monoisotopic (exact) mass is 391 g/mol. The van der Waals surface area contributed by atoms with Gasteiger partial charge in [-0.05, 0) is 36.4 Å². The lowest BCUT2D eigenvalue weighted by atomic mass is 10.2. The van der Waals surface area contributed by atoms with Crippen LogP contribution in [-0.2, 0) is 4.79 Å². The van der Waals surface area contributed by atoms with Crippen molar-refractivity contribution < 1.29 is 15.0 Å². The van der Waals surface area contributed by atoms with Crippen LogP contribution in [0.5, 0.6) is 11.5 Å². The first-order valence-electron chi connectivity index (χ1n) is 8.60. The van der Waals surface area contributed by atoms with E-state index in [9.17, 15) is 15.0 Å². The number of benzene rings is 3. The number of para-hydroxylation sites is 2. The molecule has 1 aliphatic heterocycles. The molecule has 140 valence electrons. The third-order valence-corrected chi connectivity index (χ3v) is 5.35. The Kier molecular flexibility index (Phi) is 4.90. The molecule has 0 aliphatic carbocycles. The standard InChI is InChI=1S/C21H17N3O3S/c25-15-10-9-14(18(26)11-15)12-22-23-13-21(27)24-16-5-1-3-7-19(16)28-20-8-4-2-6-17(20)24/h1-12,23,25-26H,13H2/b22-12+. The minimum Gasteiger partial charge on any atom is -0.508 e. The van der Waals surface area contributed by atoms with E-state index in [-0.39, 0.29) is 24.0 Å². The zero-order valence-electron chi connectivity index (χ0n) is 14.7. The predicted molar refractivity (Wildman–Crippen MR) is 110 cm³/mol. The lowest BCUT2D eigenvalue weighted by Gasteiger charge is -2.30. The number of fused-ring (bicyclic) bond motifs is 2. The molecule has 1 heterocycles. The van der Waals surface area contributed by atoms with Gasteiger partial charge in [-0.3, -0.25) is 9.69 Å². The maximum Gasteiger partial charge on any atom is 0.252 e. The molecule has 0 bridgehead atoms. The highest BCUT2D eigenvalue weighted by atomic mass is 32.2.